The monoisotopic (exact) mass is 268 g/mol. The number of halogens is 1. The van der Waals surface area contributed by atoms with Gasteiger partial charge < -0.3 is 9.67 Å². The fraction of sp³-hybridized carbons (Fsp3) is 0.250. The van der Waals surface area contributed by atoms with E-state index in [9.17, 15) is 5.11 Å². The predicted octanol–water partition coefficient (Wildman–Crippen LogP) is 2.69. The molecule has 0 fully saturated rings. The number of benzene rings is 1. The van der Waals surface area contributed by atoms with E-state index < -0.39 is 0 Å². The zero-order valence-corrected chi connectivity index (χ0v) is 10.7. The lowest BCUT2D eigenvalue weighted by molar-refractivity contribution is 0.178. The van der Waals surface area contributed by atoms with Crippen molar-refractivity contribution in [1.29, 1.82) is 0 Å². The largest absolute Gasteiger partial charge is 0.390 e. The maximum Gasteiger partial charge on any atom is 0.0946 e. The van der Waals surface area contributed by atoms with Gasteiger partial charge in [0.05, 0.1) is 19.0 Å². The van der Waals surface area contributed by atoms with Gasteiger partial charge in [0.25, 0.3) is 0 Å². The van der Waals surface area contributed by atoms with E-state index in [0.29, 0.717) is 12.3 Å². The van der Waals surface area contributed by atoms with Gasteiger partial charge in [-0.3, -0.25) is 0 Å². The normalized spacial score (nSPS) is 12.6. The molecule has 5 heteroatoms. The van der Waals surface area contributed by atoms with Gasteiger partial charge in [0.15, 0.2) is 0 Å². The quantitative estimate of drug-likeness (QED) is 0.848. The molecule has 1 aromatic heterocycles. The van der Waals surface area contributed by atoms with Crippen molar-refractivity contribution in [3.63, 3.8) is 0 Å². The van der Waals surface area contributed by atoms with Crippen molar-refractivity contribution in [1.82, 2.24) is 9.55 Å². The molecule has 90 valence electrons. The lowest BCUT2D eigenvalue weighted by Crippen LogP contribution is -2.17. The summed E-state index contributed by atoms with van der Waals surface area (Å²) in [6.07, 6.45) is 4.87. The summed E-state index contributed by atoms with van der Waals surface area (Å²) in [6.45, 7) is 0.570. The van der Waals surface area contributed by atoms with Gasteiger partial charge in [0.2, 0.25) is 0 Å². The summed E-state index contributed by atoms with van der Waals surface area (Å²) in [6, 6.07) is 7.62. The Bertz CT molecular complexity index is 444. The number of hydrogen-bond donors (Lipinski definition) is 1. The first-order chi connectivity index (χ1) is 8.24. The summed E-state index contributed by atoms with van der Waals surface area (Å²) in [5.74, 6) is 0.653. The van der Waals surface area contributed by atoms with E-state index in [4.69, 9.17) is 11.6 Å². The molecule has 0 amide bonds. The molecule has 0 saturated heterocycles. The Labute approximate surface area is 109 Å². The summed E-state index contributed by atoms with van der Waals surface area (Å²) >= 11 is 7.42. The van der Waals surface area contributed by atoms with Crippen LogP contribution >= 0.6 is 23.4 Å². The van der Waals surface area contributed by atoms with Crippen LogP contribution in [-0.4, -0.2) is 26.5 Å². The van der Waals surface area contributed by atoms with Crippen molar-refractivity contribution in [3.05, 3.63) is 48.0 Å². The number of aromatic nitrogens is 2. The summed E-state index contributed by atoms with van der Waals surface area (Å²) in [5.41, 5.74) is 0. The fourth-order valence-corrected chi connectivity index (χ4v) is 2.36. The summed E-state index contributed by atoms with van der Waals surface area (Å²) in [4.78, 5) is 5.04. The first kappa shape index (κ1) is 12.5. The lowest BCUT2D eigenvalue weighted by atomic mass is 10.4. The van der Waals surface area contributed by atoms with Crippen LogP contribution in [0.4, 0.5) is 0 Å². The Balaban J connectivity index is 1.79. The minimum atomic E-state index is -0.384. The molecule has 1 heterocycles. The summed E-state index contributed by atoms with van der Waals surface area (Å²) < 4.78 is 1.87. The van der Waals surface area contributed by atoms with Gasteiger partial charge >= 0.3 is 0 Å². The third-order valence-electron chi connectivity index (χ3n) is 2.24. The molecule has 0 bridgehead atoms. The number of hydrogen-bond acceptors (Lipinski definition) is 3. The highest BCUT2D eigenvalue weighted by molar-refractivity contribution is 7.99. The third-order valence-corrected chi connectivity index (χ3v) is 3.65. The number of aliphatic hydroxyl groups is 1. The maximum atomic E-state index is 9.84. The van der Waals surface area contributed by atoms with Crippen LogP contribution in [0.2, 0.25) is 5.02 Å². The second-order valence-electron chi connectivity index (χ2n) is 3.68. The fourth-order valence-electron chi connectivity index (χ4n) is 1.41. The van der Waals surface area contributed by atoms with Crippen molar-refractivity contribution in [2.45, 2.75) is 17.5 Å². The molecule has 2 rings (SSSR count). The molecular weight excluding hydrogens is 256 g/mol. The minimum absolute atomic E-state index is 0.384. The van der Waals surface area contributed by atoms with Crippen LogP contribution < -0.4 is 0 Å². The molecule has 3 nitrogen and oxygen atoms in total. The molecule has 0 aliphatic heterocycles. The topological polar surface area (TPSA) is 38.0 Å². The first-order valence-electron chi connectivity index (χ1n) is 5.26. The molecule has 0 aliphatic carbocycles. The van der Waals surface area contributed by atoms with Gasteiger partial charge in [-0.05, 0) is 24.3 Å². The van der Waals surface area contributed by atoms with Crippen molar-refractivity contribution in [3.8, 4) is 0 Å². The Morgan fingerprint density at radius 2 is 2.12 bits per heavy atom. The average molecular weight is 269 g/mol. The zero-order chi connectivity index (χ0) is 12.1. The van der Waals surface area contributed by atoms with Gasteiger partial charge in [0.1, 0.15) is 0 Å². The van der Waals surface area contributed by atoms with Crippen molar-refractivity contribution < 1.29 is 5.11 Å². The molecule has 1 atom stereocenters. The van der Waals surface area contributed by atoms with Crippen molar-refractivity contribution >= 4 is 23.4 Å². The summed E-state index contributed by atoms with van der Waals surface area (Å²) in [5, 5.41) is 10.6. The van der Waals surface area contributed by atoms with Crippen LogP contribution in [0.1, 0.15) is 0 Å². The Kier molecular flexibility index (Phi) is 4.48. The van der Waals surface area contributed by atoms with E-state index in [2.05, 4.69) is 4.98 Å². The Morgan fingerprint density at radius 3 is 2.76 bits per heavy atom. The highest BCUT2D eigenvalue weighted by Gasteiger charge is 2.05. The molecule has 1 N–H and O–H groups in total. The van der Waals surface area contributed by atoms with Crippen LogP contribution in [0.5, 0.6) is 0 Å². The van der Waals surface area contributed by atoms with Gasteiger partial charge in [-0.15, -0.1) is 11.8 Å². The second-order valence-corrected chi connectivity index (χ2v) is 5.21. The van der Waals surface area contributed by atoms with Crippen molar-refractivity contribution in [2.75, 3.05) is 5.75 Å². The number of thioether (sulfide) groups is 1. The Hall–Kier alpha value is -0.970. The minimum Gasteiger partial charge on any atom is -0.390 e. The zero-order valence-electron chi connectivity index (χ0n) is 9.16. The molecule has 1 aromatic carbocycles. The smallest absolute Gasteiger partial charge is 0.0946 e. The third kappa shape index (κ3) is 4.07. The van der Waals surface area contributed by atoms with Gasteiger partial charge in [-0.1, -0.05) is 11.6 Å². The summed E-state index contributed by atoms with van der Waals surface area (Å²) in [7, 11) is 0. The second kappa shape index (κ2) is 6.10. The van der Waals surface area contributed by atoms with Crippen LogP contribution in [0, 0.1) is 0 Å². The lowest BCUT2D eigenvalue weighted by Gasteiger charge is -2.10. The first-order valence-corrected chi connectivity index (χ1v) is 6.62. The highest BCUT2D eigenvalue weighted by Crippen LogP contribution is 2.21. The number of nitrogens with zero attached hydrogens (tertiary/aromatic N) is 2. The highest BCUT2D eigenvalue weighted by atomic mass is 35.5. The number of aliphatic hydroxyl groups excluding tert-OH is 1. The number of rotatable bonds is 5. The van der Waals surface area contributed by atoms with E-state index in [0.717, 1.165) is 9.92 Å². The molecule has 17 heavy (non-hydrogen) atoms. The molecular formula is C12H13ClN2OS. The van der Waals surface area contributed by atoms with E-state index in [-0.39, 0.29) is 6.10 Å². The van der Waals surface area contributed by atoms with Gasteiger partial charge in [-0.2, -0.15) is 0 Å². The molecule has 1 unspecified atom stereocenters. The molecule has 0 saturated carbocycles. The molecule has 0 radical (unpaired) electrons. The van der Waals surface area contributed by atoms with Gasteiger partial charge in [-0.25, -0.2) is 4.98 Å². The standard InChI is InChI=1S/C12H13ClN2OS/c13-10-1-3-12(4-2-10)17-8-11(16)7-15-6-5-14-9-15/h1-6,9,11,16H,7-8H2. The van der Waals surface area contributed by atoms with Gasteiger partial charge in [0, 0.05) is 28.1 Å². The van der Waals surface area contributed by atoms with Crippen molar-refractivity contribution in [2.24, 2.45) is 0 Å². The van der Waals surface area contributed by atoms with Crippen LogP contribution in [-0.2, 0) is 6.54 Å². The van der Waals surface area contributed by atoms with Crippen LogP contribution in [0.15, 0.2) is 47.9 Å². The van der Waals surface area contributed by atoms with Crippen LogP contribution in [0.3, 0.4) is 0 Å². The van der Waals surface area contributed by atoms with E-state index >= 15 is 0 Å². The SMILES string of the molecule is OC(CSc1ccc(Cl)cc1)Cn1ccnc1. The maximum absolute atomic E-state index is 9.84. The van der Waals surface area contributed by atoms with E-state index in [1.54, 1.807) is 24.3 Å². The average Bonchev–Trinajstić information content (AvgIpc) is 2.81. The Morgan fingerprint density at radius 1 is 1.35 bits per heavy atom. The van der Waals surface area contributed by atoms with Crippen LogP contribution in [0.25, 0.3) is 0 Å². The van der Waals surface area contributed by atoms with E-state index in [1.807, 2.05) is 35.0 Å². The molecule has 0 aliphatic rings. The number of imidazole rings is 1. The molecule has 0 spiro atoms. The predicted molar refractivity (Wildman–Crippen MR) is 70.4 cm³/mol. The molecule has 2 aromatic rings. The van der Waals surface area contributed by atoms with E-state index in [1.165, 1.54) is 0 Å².